The van der Waals surface area contributed by atoms with Crippen molar-refractivity contribution in [1.29, 1.82) is 0 Å². The van der Waals surface area contributed by atoms with Crippen LogP contribution in [0.3, 0.4) is 0 Å². The van der Waals surface area contributed by atoms with E-state index in [9.17, 15) is 9.59 Å². The van der Waals surface area contributed by atoms with Crippen molar-refractivity contribution in [2.75, 3.05) is 0 Å². The molecule has 1 fully saturated rings. The first kappa shape index (κ1) is 15.0. The molecule has 104 valence electrons. The summed E-state index contributed by atoms with van der Waals surface area (Å²) in [5.41, 5.74) is -0.522. The SMILES string of the molecule is CC(C)[C@@H](NC(=O)C1CCC1)C(=O)OC(C)(C)C. The zero-order valence-corrected chi connectivity index (χ0v) is 12.1. The second-order valence-corrected chi connectivity index (χ2v) is 6.39. The van der Waals surface area contributed by atoms with E-state index in [4.69, 9.17) is 4.74 Å². The van der Waals surface area contributed by atoms with Crippen LogP contribution < -0.4 is 5.32 Å². The predicted octanol–water partition coefficient (Wildman–Crippen LogP) is 2.27. The lowest BCUT2D eigenvalue weighted by molar-refractivity contribution is -0.160. The lowest BCUT2D eigenvalue weighted by Gasteiger charge is -2.30. The predicted molar refractivity (Wildman–Crippen MR) is 70.0 cm³/mol. The van der Waals surface area contributed by atoms with Gasteiger partial charge in [0.2, 0.25) is 5.91 Å². The summed E-state index contributed by atoms with van der Waals surface area (Å²) in [5.74, 6) is -0.228. The second kappa shape index (κ2) is 5.72. The van der Waals surface area contributed by atoms with Crippen LogP contribution in [0.5, 0.6) is 0 Å². The molecule has 0 aromatic rings. The van der Waals surface area contributed by atoms with E-state index in [0.29, 0.717) is 0 Å². The van der Waals surface area contributed by atoms with Crippen molar-refractivity contribution >= 4 is 11.9 Å². The minimum absolute atomic E-state index is 0.00851. The smallest absolute Gasteiger partial charge is 0.329 e. The molecule has 0 spiro atoms. The minimum atomic E-state index is -0.544. The summed E-state index contributed by atoms with van der Waals surface area (Å²) < 4.78 is 5.34. The Morgan fingerprint density at radius 2 is 1.78 bits per heavy atom. The average molecular weight is 255 g/mol. The van der Waals surface area contributed by atoms with Crippen molar-refractivity contribution in [1.82, 2.24) is 5.32 Å². The van der Waals surface area contributed by atoms with Crippen molar-refractivity contribution in [3.8, 4) is 0 Å². The first-order chi connectivity index (χ1) is 8.20. The molecule has 0 bridgehead atoms. The van der Waals surface area contributed by atoms with Gasteiger partial charge in [0, 0.05) is 5.92 Å². The standard InChI is InChI=1S/C14H25NO3/c1-9(2)11(13(17)18-14(3,4)5)15-12(16)10-7-6-8-10/h9-11H,6-8H2,1-5H3,(H,15,16)/t11-/m1/s1. The Morgan fingerprint density at radius 1 is 1.22 bits per heavy atom. The van der Waals surface area contributed by atoms with Gasteiger partial charge in [-0.05, 0) is 39.5 Å². The molecule has 4 heteroatoms. The van der Waals surface area contributed by atoms with Crippen molar-refractivity contribution in [2.45, 2.75) is 65.5 Å². The molecule has 1 aliphatic carbocycles. The number of carbonyl (C=O) groups excluding carboxylic acids is 2. The van der Waals surface area contributed by atoms with Gasteiger partial charge >= 0.3 is 5.97 Å². The van der Waals surface area contributed by atoms with E-state index in [2.05, 4.69) is 5.32 Å². The minimum Gasteiger partial charge on any atom is -0.458 e. The molecule has 0 radical (unpaired) electrons. The fraction of sp³-hybridized carbons (Fsp3) is 0.857. The summed E-state index contributed by atoms with van der Waals surface area (Å²) in [4.78, 5) is 23.9. The topological polar surface area (TPSA) is 55.4 Å². The number of ether oxygens (including phenoxy) is 1. The van der Waals surface area contributed by atoms with E-state index < -0.39 is 11.6 Å². The van der Waals surface area contributed by atoms with Crippen LogP contribution in [-0.4, -0.2) is 23.5 Å². The van der Waals surface area contributed by atoms with Crippen LogP contribution in [0.15, 0.2) is 0 Å². The Balaban J connectivity index is 2.58. The van der Waals surface area contributed by atoms with Crippen LogP contribution >= 0.6 is 0 Å². The lowest BCUT2D eigenvalue weighted by atomic mass is 9.84. The fourth-order valence-electron chi connectivity index (χ4n) is 1.80. The Bertz CT molecular complexity index is 313. The summed E-state index contributed by atoms with van der Waals surface area (Å²) in [6.45, 7) is 9.31. The highest BCUT2D eigenvalue weighted by Crippen LogP contribution is 2.26. The first-order valence-electron chi connectivity index (χ1n) is 6.74. The van der Waals surface area contributed by atoms with Crippen LogP contribution in [0.2, 0.25) is 0 Å². The number of hydrogen-bond acceptors (Lipinski definition) is 3. The summed E-state index contributed by atoms with van der Waals surface area (Å²) in [5, 5.41) is 2.83. The summed E-state index contributed by atoms with van der Waals surface area (Å²) in [6, 6.07) is -0.544. The largest absolute Gasteiger partial charge is 0.458 e. The maximum atomic E-state index is 12.0. The lowest BCUT2D eigenvalue weighted by Crippen LogP contribution is -2.49. The highest BCUT2D eigenvalue weighted by molar-refractivity contribution is 5.86. The van der Waals surface area contributed by atoms with Crippen LogP contribution in [-0.2, 0) is 14.3 Å². The normalized spacial score (nSPS) is 18.1. The van der Waals surface area contributed by atoms with E-state index in [-0.39, 0.29) is 23.7 Å². The third-order valence-electron chi connectivity index (χ3n) is 3.10. The van der Waals surface area contributed by atoms with Crippen LogP contribution in [0, 0.1) is 11.8 Å². The molecule has 1 saturated carbocycles. The van der Waals surface area contributed by atoms with Gasteiger partial charge < -0.3 is 10.1 Å². The summed E-state index contributed by atoms with van der Waals surface area (Å²) >= 11 is 0. The Labute approximate surface area is 109 Å². The number of rotatable bonds is 4. The summed E-state index contributed by atoms with van der Waals surface area (Å²) in [6.07, 6.45) is 2.98. The molecule has 4 nitrogen and oxygen atoms in total. The molecule has 0 aromatic heterocycles. The molecule has 1 amide bonds. The highest BCUT2D eigenvalue weighted by Gasteiger charge is 2.32. The van der Waals surface area contributed by atoms with Gasteiger partial charge in [0.1, 0.15) is 11.6 Å². The molecule has 0 aliphatic heterocycles. The van der Waals surface area contributed by atoms with Gasteiger partial charge in [-0.15, -0.1) is 0 Å². The third-order valence-corrected chi connectivity index (χ3v) is 3.10. The van der Waals surface area contributed by atoms with Gasteiger partial charge in [-0.3, -0.25) is 4.79 Å². The maximum absolute atomic E-state index is 12.0. The van der Waals surface area contributed by atoms with Crippen LogP contribution in [0.1, 0.15) is 53.9 Å². The third kappa shape index (κ3) is 4.31. The zero-order chi connectivity index (χ0) is 13.9. The zero-order valence-electron chi connectivity index (χ0n) is 12.1. The van der Waals surface area contributed by atoms with Gasteiger partial charge in [-0.2, -0.15) is 0 Å². The van der Waals surface area contributed by atoms with Gasteiger partial charge in [-0.25, -0.2) is 4.79 Å². The number of esters is 1. The molecule has 0 saturated heterocycles. The second-order valence-electron chi connectivity index (χ2n) is 6.39. The molecule has 1 rings (SSSR count). The molecule has 1 aliphatic rings. The quantitative estimate of drug-likeness (QED) is 0.784. The van der Waals surface area contributed by atoms with Crippen molar-refractivity contribution in [3.05, 3.63) is 0 Å². The van der Waals surface area contributed by atoms with E-state index in [1.807, 2.05) is 34.6 Å². The van der Waals surface area contributed by atoms with Crippen molar-refractivity contribution in [2.24, 2.45) is 11.8 Å². The highest BCUT2D eigenvalue weighted by atomic mass is 16.6. The molecule has 0 aromatic carbocycles. The molecule has 18 heavy (non-hydrogen) atoms. The van der Waals surface area contributed by atoms with E-state index in [1.165, 1.54) is 0 Å². The monoisotopic (exact) mass is 255 g/mol. The van der Waals surface area contributed by atoms with Crippen LogP contribution in [0.25, 0.3) is 0 Å². The molecule has 1 N–H and O–H groups in total. The van der Waals surface area contributed by atoms with Crippen molar-refractivity contribution < 1.29 is 14.3 Å². The van der Waals surface area contributed by atoms with Gasteiger partial charge in [0.25, 0.3) is 0 Å². The van der Waals surface area contributed by atoms with E-state index >= 15 is 0 Å². The number of amides is 1. The number of hydrogen-bond donors (Lipinski definition) is 1. The Morgan fingerprint density at radius 3 is 2.11 bits per heavy atom. The fourth-order valence-corrected chi connectivity index (χ4v) is 1.80. The number of nitrogens with one attached hydrogen (secondary N) is 1. The summed E-state index contributed by atoms with van der Waals surface area (Å²) in [7, 11) is 0. The van der Waals surface area contributed by atoms with Gasteiger partial charge in [-0.1, -0.05) is 20.3 Å². The number of carbonyl (C=O) groups is 2. The first-order valence-corrected chi connectivity index (χ1v) is 6.74. The molecule has 0 unspecified atom stereocenters. The molecule has 1 atom stereocenters. The maximum Gasteiger partial charge on any atom is 0.329 e. The van der Waals surface area contributed by atoms with Crippen LogP contribution in [0.4, 0.5) is 0 Å². The molecular formula is C14H25NO3. The van der Waals surface area contributed by atoms with E-state index in [1.54, 1.807) is 0 Å². The molecular weight excluding hydrogens is 230 g/mol. The molecule has 0 heterocycles. The Kier molecular flexibility index (Phi) is 4.77. The van der Waals surface area contributed by atoms with E-state index in [0.717, 1.165) is 19.3 Å². The average Bonchev–Trinajstić information content (AvgIpc) is 2.07. The Hall–Kier alpha value is -1.06. The van der Waals surface area contributed by atoms with Gasteiger partial charge in [0.15, 0.2) is 0 Å². The van der Waals surface area contributed by atoms with Gasteiger partial charge in [0.05, 0.1) is 0 Å². The van der Waals surface area contributed by atoms with Crippen molar-refractivity contribution in [3.63, 3.8) is 0 Å².